The van der Waals surface area contributed by atoms with Crippen molar-refractivity contribution in [3.05, 3.63) is 71.9 Å². The van der Waals surface area contributed by atoms with E-state index in [9.17, 15) is 19.2 Å². The Morgan fingerprint density at radius 3 is 2.33 bits per heavy atom. The Morgan fingerprint density at radius 1 is 1.00 bits per heavy atom. The van der Waals surface area contributed by atoms with Gasteiger partial charge in [-0.25, -0.2) is 0 Å². The number of rotatable bonds is 10. The second-order valence-electron chi connectivity index (χ2n) is 12.7. The van der Waals surface area contributed by atoms with Gasteiger partial charge in [-0.05, 0) is 61.7 Å². The molecule has 2 bridgehead atoms. The Labute approximate surface area is 272 Å². The van der Waals surface area contributed by atoms with Crippen LogP contribution in [0, 0.1) is 11.8 Å². The molecule has 4 amide bonds. The number of nitrogens with zero attached hydrogens (tertiary/aromatic N) is 2. The van der Waals surface area contributed by atoms with E-state index in [1.807, 2.05) is 101 Å². The Morgan fingerprint density at radius 2 is 1.70 bits per heavy atom. The molecule has 248 valence electrons. The molecule has 3 aliphatic rings. The summed E-state index contributed by atoms with van der Waals surface area (Å²) in [6, 6.07) is 14.0. The molecule has 0 saturated carbocycles. The van der Waals surface area contributed by atoms with Crippen LogP contribution in [0.2, 0.25) is 0 Å². The van der Waals surface area contributed by atoms with Crippen molar-refractivity contribution in [2.75, 3.05) is 20.6 Å². The molecular formula is C36H49N5O5. The minimum atomic E-state index is -0.998. The number of carbonyl (C=O) groups is 4. The molecule has 0 radical (unpaired) electrons. The molecule has 5 rings (SSSR count). The SMILES string of the molecule is CC[C@@H](C)[C@@H](NC(=O)[C@H](Cc1ccccc1)N(C)C)C(=O)N1CC[C@@H]2Oc3ccc(cc3)C=CNC(=O)[C@@H]([C@@H](C)CC)NC(=O)[C@H]21. The predicted octanol–water partition coefficient (Wildman–Crippen LogP) is 3.37. The van der Waals surface area contributed by atoms with Crippen LogP contribution in [0.1, 0.15) is 58.1 Å². The van der Waals surface area contributed by atoms with E-state index in [-0.39, 0.29) is 36.1 Å². The number of nitrogens with one attached hydrogen (secondary N) is 3. The zero-order valence-corrected chi connectivity index (χ0v) is 27.9. The zero-order valence-electron chi connectivity index (χ0n) is 27.9. The fraction of sp³-hybridized carbons (Fsp3) is 0.500. The van der Waals surface area contributed by atoms with E-state index >= 15 is 0 Å². The number of hydrogen-bond donors (Lipinski definition) is 3. The highest BCUT2D eigenvalue weighted by atomic mass is 16.5. The van der Waals surface area contributed by atoms with Gasteiger partial charge in [-0.2, -0.15) is 0 Å². The first-order valence-corrected chi connectivity index (χ1v) is 16.4. The number of likely N-dealkylation sites (N-methyl/N-ethyl adjacent to an activating group) is 1. The average molecular weight is 632 g/mol. The molecule has 1 fully saturated rings. The van der Waals surface area contributed by atoms with E-state index in [2.05, 4.69) is 16.0 Å². The molecule has 2 aromatic carbocycles. The number of likely N-dealkylation sites (tertiary alicyclic amines) is 1. The summed E-state index contributed by atoms with van der Waals surface area (Å²) < 4.78 is 6.35. The maximum atomic E-state index is 14.4. The smallest absolute Gasteiger partial charge is 0.247 e. The number of fused-ring (bicyclic) bond motifs is 7. The van der Waals surface area contributed by atoms with Crippen LogP contribution in [0.15, 0.2) is 60.8 Å². The molecule has 46 heavy (non-hydrogen) atoms. The number of ether oxygens (including phenoxy) is 1. The lowest BCUT2D eigenvalue weighted by Crippen LogP contribution is -2.61. The molecule has 0 aromatic heterocycles. The number of hydrogen-bond acceptors (Lipinski definition) is 6. The van der Waals surface area contributed by atoms with Gasteiger partial charge in [-0.3, -0.25) is 24.1 Å². The van der Waals surface area contributed by atoms with Crippen molar-refractivity contribution in [2.45, 2.75) is 83.6 Å². The van der Waals surface area contributed by atoms with Crippen LogP contribution in [0.5, 0.6) is 5.75 Å². The molecule has 0 spiro atoms. The van der Waals surface area contributed by atoms with Crippen LogP contribution >= 0.6 is 0 Å². The van der Waals surface area contributed by atoms with E-state index in [4.69, 9.17) is 4.74 Å². The monoisotopic (exact) mass is 631 g/mol. The first-order chi connectivity index (χ1) is 22.0. The van der Waals surface area contributed by atoms with E-state index in [1.165, 1.54) is 4.90 Å². The minimum Gasteiger partial charge on any atom is -0.488 e. The van der Waals surface area contributed by atoms with Gasteiger partial charge < -0.3 is 25.6 Å². The highest BCUT2D eigenvalue weighted by molar-refractivity contribution is 5.96. The fourth-order valence-corrected chi connectivity index (χ4v) is 5.99. The van der Waals surface area contributed by atoms with E-state index in [0.717, 1.165) is 11.1 Å². The van der Waals surface area contributed by atoms with Gasteiger partial charge in [0.05, 0.1) is 6.04 Å². The second kappa shape index (κ2) is 15.9. The van der Waals surface area contributed by atoms with Gasteiger partial charge in [0.2, 0.25) is 23.6 Å². The van der Waals surface area contributed by atoms with Crippen molar-refractivity contribution in [2.24, 2.45) is 11.8 Å². The molecule has 3 aliphatic heterocycles. The summed E-state index contributed by atoms with van der Waals surface area (Å²) in [6.07, 6.45) is 4.91. The van der Waals surface area contributed by atoms with Gasteiger partial charge in [0.15, 0.2) is 0 Å². The van der Waals surface area contributed by atoms with Crippen LogP contribution in [0.4, 0.5) is 0 Å². The summed E-state index contributed by atoms with van der Waals surface area (Å²) in [6.45, 7) is 8.04. The van der Waals surface area contributed by atoms with Gasteiger partial charge in [-0.1, -0.05) is 83.0 Å². The Kier molecular flexibility index (Phi) is 12.0. The largest absolute Gasteiger partial charge is 0.488 e. The quantitative estimate of drug-likeness (QED) is 0.370. The van der Waals surface area contributed by atoms with Crippen molar-refractivity contribution in [1.82, 2.24) is 25.8 Å². The topological polar surface area (TPSA) is 120 Å². The molecule has 10 heteroatoms. The lowest BCUT2D eigenvalue weighted by Gasteiger charge is -2.35. The average Bonchev–Trinajstić information content (AvgIpc) is 3.48. The van der Waals surface area contributed by atoms with Gasteiger partial charge >= 0.3 is 0 Å². The van der Waals surface area contributed by atoms with Crippen molar-refractivity contribution >= 4 is 29.7 Å². The Hall–Kier alpha value is -4.18. The van der Waals surface area contributed by atoms with Gasteiger partial charge in [-0.15, -0.1) is 0 Å². The first-order valence-electron chi connectivity index (χ1n) is 16.4. The summed E-state index contributed by atoms with van der Waals surface area (Å²) in [4.78, 5) is 59.0. The predicted molar refractivity (Wildman–Crippen MR) is 179 cm³/mol. The van der Waals surface area contributed by atoms with Crippen LogP contribution in [0.3, 0.4) is 0 Å². The summed E-state index contributed by atoms with van der Waals surface area (Å²) in [5, 5.41) is 8.82. The molecular weight excluding hydrogens is 582 g/mol. The molecule has 3 heterocycles. The lowest BCUT2D eigenvalue weighted by atomic mass is 9.95. The lowest BCUT2D eigenvalue weighted by molar-refractivity contribution is -0.145. The standard InChI is InChI=1S/C36H49N5O5/c1-7-23(3)30-34(43)37-20-18-25-14-16-27(17-15-25)46-29-19-21-41(32(29)35(44)38-30)36(45)31(24(4)8-2)39-33(42)28(40(5)6)22-26-12-10-9-11-13-26/h9-18,20,23-24,28-32H,7-8,19,21-22H2,1-6H3,(H,37,43)(H,38,44)(H,39,42)/t23-,24+,28-,29-,30+,31+,32-/m0/s1. The molecule has 1 saturated heterocycles. The minimum absolute atomic E-state index is 0.159. The fourth-order valence-electron chi connectivity index (χ4n) is 5.99. The number of carbonyl (C=O) groups excluding carboxylic acids is 4. The van der Waals surface area contributed by atoms with Crippen molar-refractivity contribution in [3.8, 4) is 5.75 Å². The van der Waals surface area contributed by atoms with Crippen molar-refractivity contribution in [1.29, 1.82) is 0 Å². The Balaban J connectivity index is 1.64. The molecule has 0 unspecified atom stereocenters. The third kappa shape index (κ3) is 8.34. The van der Waals surface area contributed by atoms with E-state index in [0.29, 0.717) is 31.4 Å². The molecule has 3 N–H and O–H groups in total. The third-order valence-electron chi connectivity index (χ3n) is 9.33. The summed E-state index contributed by atoms with van der Waals surface area (Å²) in [5.41, 5.74) is 1.89. The van der Waals surface area contributed by atoms with E-state index < -0.39 is 36.2 Å². The van der Waals surface area contributed by atoms with Crippen LogP contribution in [-0.4, -0.2) is 84.3 Å². The highest BCUT2D eigenvalue weighted by Crippen LogP contribution is 2.28. The molecule has 10 nitrogen and oxygen atoms in total. The van der Waals surface area contributed by atoms with Gasteiger partial charge in [0.25, 0.3) is 0 Å². The van der Waals surface area contributed by atoms with Crippen molar-refractivity contribution in [3.63, 3.8) is 0 Å². The maximum absolute atomic E-state index is 14.4. The second-order valence-corrected chi connectivity index (χ2v) is 12.7. The van der Waals surface area contributed by atoms with Crippen LogP contribution in [-0.2, 0) is 25.6 Å². The molecule has 2 aromatic rings. The summed E-state index contributed by atoms with van der Waals surface area (Å²) >= 11 is 0. The van der Waals surface area contributed by atoms with Gasteiger partial charge in [0.1, 0.15) is 30.0 Å². The molecule has 0 aliphatic carbocycles. The normalized spacial score (nSPS) is 22.5. The van der Waals surface area contributed by atoms with E-state index in [1.54, 1.807) is 12.3 Å². The van der Waals surface area contributed by atoms with Crippen molar-refractivity contribution < 1.29 is 23.9 Å². The summed E-state index contributed by atoms with van der Waals surface area (Å²) in [5.74, 6) is -1.16. The summed E-state index contributed by atoms with van der Waals surface area (Å²) in [7, 11) is 3.70. The third-order valence-corrected chi connectivity index (χ3v) is 9.33. The number of amides is 4. The first kappa shape index (κ1) is 34.7. The zero-order chi connectivity index (χ0) is 33.4. The number of benzene rings is 2. The van der Waals surface area contributed by atoms with Crippen LogP contribution in [0.25, 0.3) is 6.08 Å². The van der Waals surface area contributed by atoms with Crippen LogP contribution < -0.4 is 20.7 Å². The Bertz CT molecular complexity index is 1380. The van der Waals surface area contributed by atoms with Gasteiger partial charge in [0, 0.05) is 19.2 Å². The highest BCUT2D eigenvalue weighted by Gasteiger charge is 2.47. The maximum Gasteiger partial charge on any atom is 0.247 e. The molecule has 7 atom stereocenters.